The predicted molar refractivity (Wildman–Crippen MR) is 103 cm³/mol. The lowest BCUT2D eigenvalue weighted by molar-refractivity contribution is -0.137. The molecule has 0 aliphatic heterocycles. The maximum absolute atomic E-state index is 12.7. The highest BCUT2D eigenvalue weighted by Gasteiger charge is 2.29. The number of hydrogen-bond acceptors (Lipinski definition) is 4. The molecule has 0 amide bonds. The molecule has 0 atom stereocenters. The Bertz CT molecular complexity index is 1110. The fourth-order valence-electron chi connectivity index (χ4n) is 2.69. The molecule has 0 spiro atoms. The van der Waals surface area contributed by atoms with Crippen molar-refractivity contribution >= 4 is 15.7 Å². The van der Waals surface area contributed by atoms with Crippen LogP contribution >= 0.6 is 0 Å². The molecular weight excluding hydrogens is 405 g/mol. The summed E-state index contributed by atoms with van der Waals surface area (Å²) in [7, 11) is -2.33. The number of nitrogens with one attached hydrogen (secondary N) is 2. The summed E-state index contributed by atoms with van der Waals surface area (Å²) in [6.07, 6.45) is -1.00. The van der Waals surface area contributed by atoms with Crippen LogP contribution in [0.25, 0.3) is 5.69 Å². The van der Waals surface area contributed by atoms with Crippen molar-refractivity contribution in [3.63, 3.8) is 0 Å². The fourth-order valence-corrected chi connectivity index (χ4v) is 3.44. The number of aromatic nitrogens is 2. The van der Waals surface area contributed by atoms with E-state index in [0.717, 1.165) is 17.7 Å². The van der Waals surface area contributed by atoms with Crippen LogP contribution in [0.5, 0.6) is 0 Å². The van der Waals surface area contributed by atoms with Crippen LogP contribution in [0, 0.1) is 6.92 Å². The number of benzene rings is 2. The topological polar surface area (TPSA) is 76.0 Å². The average Bonchev–Trinajstić information content (AvgIpc) is 3.12. The molecule has 0 aliphatic rings. The molecule has 0 unspecified atom stereocenters. The third-order valence-corrected chi connectivity index (χ3v) is 5.68. The first-order valence-electron chi connectivity index (χ1n) is 8.59. The highest BCUT2D eigenvalue weighted by atomic mass is 32.2. The summed E-state index contributed by atoms with van der Waals surface area (Å²) in [5.74, 6) is 0. The summed E-state index contributed by atoms with van der Waals surface area (Å²) in [4.78, 5) is 0.0724. The van der Waals surface area contributed by atoms with Crippen molar-refractivity contribution in [2.24, 2.45) is 0 Å². The largest absolute Gasteiger partial charge is 0.416 e. The number of sulfonamides is 1. The molecule has 29 heavy (non-hydrogen) atoms. The smallest absolute Gasteiger partial charge is 0.379 e. The van der Waals surface area contributed by atoms with E-state index in [2.05, 4.69) is 15.1 Å². The van der Waals surface area contributed by atoms with E-state index < -0.39 is 21.8 Å². The highest BCUT2D eigenvalue weighted by molar-refractivity contribution is 7.89. The molecule has 3 rings (SSSR count). The zero-order valence-electron chi connectivity index (χ0n) is 15.7. The molecule has 0 saturated carbocycles. The molecule has 154 valence electrons. The van der Waals surface area contributed by atoms with E-state index in [-0.39, 0.29) is 11.4 Å². The van der Waals surface area contributed by atoms with Gasteiger partial charge in [-0.3, -0.25) is 0 Å². The van der Waals surface area contributed by atoms with Gasteiger partial charge < -0.3 is 5.32 Å². The molecule has 2 N–H and O–H groups in total. The van der Waals surface area contributed by atoms with Crippen molar-refractivity contribution in [1.82, 2.24) is 14.5 Å². The minimum atomic E-state index is -4.38. The van der Waals surface area contributed by atoms with Crippen molar-refractivity contribution in [1.29, 1.82) is 0 Å². The molecule has 0 bridgehead atoms. The van der Waals surface area contributed by atoms with Gasteiger partial charge in [-0.05, 0) is 55.4 Å². The van der Waals surface area contributed by atoms with Crippen molar-refractivity contribution in [2.75, 3.05) is 12.4 Å². The van der Waals surface area contributed by atoms with Gasteiger partial charge in [-0.2, -0.15) is 18.3 Å². The van der Waals surface area contributed by atoms with Crippen LogP contribution in [0.4, 0.5) is 18.9 Å². The van der Waals surface area contributed by atoms with Crippen molar-refractivity contribution in [3.05, 3.63) is 71.5 Å². The number of rotatable bonds is 6. The summed E-state index contributed by atoms with van der Waals surface area (Å²) in [6.45, 7) is 2.11. The Balaban J connectivity index is 1.90. The second kappa shape index (κ2) is 7.88. The van der Waals surface area contributed by atoms with Crippen molar-refractivity contribution < 1.29 is 21.6 Å². The van der Waals surface area contributed by atoms with Crippen molar-refractivity contribution in [2.45, 2.75) is 24.5 Å². The van der Waals surface area contributed by atoms with Crippen LogP contribution in [0.3, 0.4) is 0 Å². The van der Waals surface area contributed by atoms with Crippen LogP contribution in [-0.2, 0) is 22.7 Å². The van der Waals surface area contributed by atoms with Gasteiger partial charge in [0.2, 0.25) is 10.0 Å². The van der Waals surface area contributed by atoms with E-state index >= 15 is 0 Å². The molecule has 6 nitrogen and oxygen atoms in total. The third-order valence-electron chi connectivity index (χ3n) is 4.27. The summed E-state index contributed by atoms with van der Waals surface area (Å²) in [6, 6.07) is 9.37. The lowest BCUT2D eigenvalue weighted by Crippen LogP contribution is -2.19. The second-order valence-corrected chi connectivity index (χ2v) is 8.28. The standard InChI is InChI=1S/C19H19F3N4O2S/c1-13-10-25-26(12-13)18-9-16(29(27,28)23-2)7-8-17(18)24-11-14-3-5-15(6-4-14)19(20,21)22/h3-10,12,23-24H,11H2,1-2H3. The van der Waals surface area contributed by atoms with Gasteiger partial charge >= 0.3 is 6.18 Å². The van der Waals surface area contributed by atoms with Gasteiger partial charge in [0.15, 0.2) is 0 Å². The Kier molecular flexibility index (Phi) is 5.67. The Morgan fingerprint density at radius 2 is 1.79 bits per heavy atom. The van der Waals surface area contributed by atoms with Gasteiger partial charge in [0.05, 0.1) is 28.0 Å². The van der Waals surface area contributed by atoms with Gasteiger partial charge in [0.1, 0.15) is 0 Å². The Hall–Kier alpha value is -2.85. The molecule has 1 aromatic heterocycles. The van der Waals surface area contributed by atoms with Gasteiger partial charge in [-0.15, -0.1) is 0 Å². The molecular formula is C19H19F3N4O2S. The maximum Gasteiger partial charge on any atom is 0.416 e. The van der Waals surface area contributed by atoms with Gasteiger partial charge in [0, 0.05) is 12.7 Å². The van der Waals surface area contributed by atoms with Crippen LogP contribution in [0.15, 0.2) is 59.8 Å². The molecule has 1 heterocycles. The second-order valence-electron chi connectivity index (χ2n) is 6.40. The van der Waals surface area contributed by atoms with Crippen LogP contribution in [-0.4, -0.2) is 25.2 Å². The normalized spacial score (nSPS) is 12.2. The van der Waals surface area contributed by atoms with Crippen LogP contribution < -0.4 is 10.0 Å². The lowest BCUT2D eigenvalue weighted by Gasteiger charge is -2.14. The van der Waals surface area contributed by atoms with Gasteiger partial charge in [-0.25, -0.2) is 17.8 Å². The van der Waals surface area contributed by atoms with E-state index in [0.29, 0.717) is 16.9 Å². The first-order valence-corrected chi connectivity index (χ1v) is 10.1. The number of halogens is 3. The fraction of sp³-hybridized carbons (Fsp3) is 0.211. The van der Waals surface area contributed by atoms with Crippen molar-refractivity contribution in [3.8, 4) is 5.69 Å². The monoisotopic (exact) mass is 424 g/mol. The van der Waals surface area contributed by atoms with Gasteiger partial charge in [0.25, 0.3) is 0 Å². The van der Waals surface area contributed by atoms with E-state index in [1.165, 1.54) is 31.3 Å². The molecule has 3 aromatic rings. The van der Waals surface area contributed by atoms with E-state index in [4.69, 9.17) is 0 Å². The number of anilines is 1. The van der Waals surface area contributed by atoms with E-state index in [1.807, 2.05) is 6.92 Å². The summed E-state index contributed by atoms with van der Waals surface area (Å²) in [5.41, 5.74) is 1.91. The number of nitrogens with zero attached hydrogens (tertiary/aromatic N) is 2. The first-order chi connectivity index (χ1) is 13.6. The zero-order valence-corrected chi connectivity index (χ0v) is 16.5. The maximum atomic E-state index is 12.7. The molecule has 0 fully saturated rings. The lowest BCUT2D eigenvalue weighted by atomic mass is 10.1. The summed E-state index contributed by atoms with van der Waals surface area (Å²) < 4.78 is 66.2. The van der Waals surface area contributed by atoms with Crippen LogP contribution in [0.1, 0.15) is 16.7 Å². The number of aryl methyl sites for hydroxylation is 1. The summed E-state index contributed by atoms with van der Waals surface area (Å²) >= 11 is 0. The summed E-state index contributed by atoms with van der Waals surface area (Å²) in [5, 5.41) is 7.36. The SMILES string of the molecule is CNS(=O)(=O)c1ccc(NCc2ccc(C(F)(F)F)cc2)c(-n2cc(C)cn2)c1. The van der Waals surface area contributed by atoms with E-state index in [9.17, 15) is 21.6 Å². The molecule has 10 heteroatoms. The van der Waals surface area contributed by atoms with Gasteiger partial charge in [-0.1, -0.05) is 12.1 Å². The Morgan fingerprint density at radius 3 is 2.34 bits per heavy atom. The molecule has 2 aromatic carbocycles. The number of alkyl halides is 3. The predicted octanol–water partition coefficient (Wildman–Crippen LogP) is 3.72. The number of hydrogen-bond donors (Lipinski definition) is 2. The molecule has 0 saturated heterocycles. The Morgan fingerprint density at radius 1 is 1.10 bits per heavy atom. The van der Waals surface area contributed by atoms with E-state index in [1.54, 1.807) is 23.1 Å². The average molecular weight is 424 g/mol. The Labute approximate surface area is 166 Å². The first kappa shape index (κ1) is 20.9. The minimum Gasteiger partial charge on any atom is -0.379 e. The third kappa shape index (κ3) is 4.77. The molecule has 0 aliphatic carbocycles. The highest BCUT2D eigenvalue weighted by Crippen LogP contribution is 2.29. The minimum absolute atomic E-state index is 0.0724. The zero-order chi connectivity index (χ0) is 21.2. The quantitative estimate of drug-likeness (QED) is 0.633. The van der Waals surface area contributed by atoms with Crippen LogP contribution in [0.2, 0.25) is 0 Å². The molecule has 0 radical (unpaired) electrons.